The molecule has 4 rings (SSSR count). The highest BCUT2D eigenvalue weighted by molar-refractivity contribution is 9.10. The number of benzene rings is 2. The summed E-state index contributed by atoms with van der Waals surface area (Å²) in [5, 5.41) is 4.04. The molecule has 0 fully saturated rings. The van der Waals surface area contributed by atoms with Crippen molar-refractivity contribution in [3.8, 4) is 11.5 Å². The highest BCUT2D eigenvalue weighted by Gasteiger charge is 2.21. The molecule has 0 atom stereocenters. The van der Waals surface area contributed by atoms with Crippen LogP contribution in [0.3, 0.4) is 0 Å². The number of aromatic nitrogens is 1. The zero-order valence-corrected chi connectivity index (χ0v) is 19.5. The average molecular weight is 498 g/mol. The number of carbonyl (C=O) groups is 2. The van der Waals surface area contributed by atoms with Crippen molar-refractivity contribution in [1.29, 1.82) is 0 Å². The van der Waals surface area contributed by atoms with Gasteiger partial charge >= 0.3 is 0 Å². The van der Waals surface area contributed by atoms with Gasteiger partial charge in [0.15, 0.2) is 11.5 Å². The molecule has 0 unspecified atom stereocenters. The van der Waals surface area contributed by atoms with E-state index in [1.54, 1.807) is 26.5 Å². The van der Waals surface area contributed by atoms with E-state index in [2.05, 4.69) is 31.9 Å². The first kappa shape index (κ1) is 22.0. The quantitative estimate of drug-likeness (QED) is 0.541. The van der Waals surface area contributed by atoms with Gasteiger partial charge < -0.3 is 24.3 Å². The van der Waals surface area contributed by atoms with Gasteiger partial charge in [0.2, 0.25) is 11.8 Å². The molecule has 7 nitrogen and oxygen atoms in total. The Morgan fingerprint density at radius 2 is 1.91 bits per heavy atom. The molecule has 2 aromatic carbocycles. The van der Waals surface area contributed by atoms with Gasteiger partial charge in [-0.15, -0.1) is 0 Å². The molecule has 1 N–H and O–H groups in total. The van der Waals surface area contributed by atoms with Gasteiger partial charge in [-0.3, -0.25) is 9.59 Å². The van der Waals surface area contributed by atoms with Crippen molar-refractivity contribution in [2.24, 2.45) is 0 Å². The number of carbonyl (C=O) groups excluding carboxylic acids is 2. The molecular formula is C24H24BrN3O4. The average Bonchev–Trinajstić information content (AvgIpc) is 3.11. The molecule has 0 aliphatic carbocycles. The molecule has 1 aromatic heterocycles. The fraction of sp³-hybridized carbons (Fsp3) is 0.250. The minimum atomic E-state index is -0.205. The van der Waals surface area contributed by atoms with E-state index in [-0.39, 0.29) is 24.8 Å². The largest absolute Gasteiger partial charge is 0.493 e. The van der Waals surface area contributed by atoms with Crippen LogP contribution in [0.2, 0.25) is 0 Å². The third-order valence-corrected chi connectivity index (χ3v) is 5.96. The normalized spacial score (nSPS) is 13.1. The number of rotatable bonds is 7. The van der Waals surface area contributed by atoms with Gasteiger partial charge in [0.05, 0.1) is 20.6 Å². The number of methoxy groups -OCH3 is 2. The molecule has 32 heavy (non-hydrogen) atoms. The molecule has 0 saturated heterocycles. The standard InChI is InChI=1S/C24H24BrN3O4/c1-31-21-12-16-5-9-28(24(30)14-18(16)13-22(21)32-2)15-23(29)26-7-10-27-8-6-17-11-19(25)3-4-20(17)27/h3-6,8-9,11-13H,7,10,14-15H2,1-2H3,(H,26,29). The third kappa shape index (κ3) is 4.65. The molecule has 0 saturated carbocycles. The van der Waals surface area contributed by atoms with E-state index in [1.165, 1.54) is 4.90 Å². The highest BCUT2D eigenvalue weighted by Crippen LogP contribution is 2.32. The number of ether oxygens (including phenoxy) is 2. The van der Waals surface area contributed by atoms with Crippen LogP contribution in [0.4, 0.5) is 0 Å². The Balaban J connectivity index is 1.36. The van der Waals surface area contributed by atoms with E-state index >= 15 is 0 Å². The van der Waals surface area contributed by atoms with Gasteiger partial charge in [-0.1, -0.05) is 15.9 Å². The summed E-state index contributed by atoms with van der Waals surface area (Å²) in [6.45, 7) is 1.09. The molecule has 0 bridgehead atoms. The van der Waals surface area contributed by atoms with Crippen LogP contribution >= 0.6 is 15.9 Å². The number of nitrogens with zero attached hydrogens (tertiary/aromatic N) is 2. The van der Waals surface area contributed by atoms with Crippen LogP contribution in [-0.2, 0) is 22.6 Å². The lowest BCUT2D eigenvalue weighted by molar-refractivity contribution is -0.132. The SMILES string of the molecule is COc1cc2c(cc1OC)CC(=O)N(CC(=O)NCCn1ccc3cc(Br)ccc31)C=C2. The van der Waals surface area contributed by atoms with Crippen LogP contribution in [0.25, 0.3) is 17.0 Å². The Kier molecular flexibility index (Phi) is 6.50. The van der Waals surface area contributed by atoms with Crippen molar-refractivity contribution in [2.75, 3.05) is 27.3 Å². The molecule has 0 spiro atoms. The number of fused-ring (bicyclic) bond motifs is 2. The third-order valence-electron chi connectivity index (χ3n) is 5.46. The van der Waals surface area contributed by atoms with Crippen LogP contribution < -0.4 is 14.8 Å². The van der Waals surface area contributed by atoms with Crippen LogP contribution in [0, 0.1) is 0 Å². The molecule has 3 aromatic rings. The smallest absolute Gasteiger partial charge is 0.240 e. The van der Waals surface area contributed by atoms with E-state index in [4.69, 9.17) is 9.47 Å². The summed E-state index contributed by atoms with van der Waals surface area (Å²) in [5.41, 5.74) is 2.81. The maximum atomic E-state index is 12.7. The fourth-order valence-corrected chi connectivity index (χ4v) is 4.17. The van der Waals surface area contributed by atoms with Crippen molar-refractivity contribution < 1.29 is 19.1 Å². The predicted octanol–water partition coefficient (Wildman–Crippen LogP) is 3.59. The van der Waals surface area contributed by atoms with Gasteiger partial charge in [-0.2, -0.15) is 0 Å². The summed E-state index contributed by atoms with van der Waals surface area (Å²) in [6.07, 6.45) is 5.65. The van der Waals surface area contributed by atoms with E-state index in [9.17, 15) is 9.59 Å². The van der Waals surface area contributed by atoms with Gasteiger partial charge in [0.25, 0.3) is 0 Å². The number of hydrogen-bond acceptors (Lipinski definition) is 4. The Labute approximate surface area is 194 Å². The second-order valence-corrected chi connectivity index (χ2v) is 8.40. The second kappa shape index (κ2) is 9.48. The number of hydrogen-bond donors (Lipinski definition) is 1. The number of amides is 2. The lowest BCUT2D eigenvalue weighted by Gasteiger charge is -2.17. The van der Waals surface area contributed by atoms with E-state index in [0.717, 1.165) is 26.5 Å². The molecule has 2 heterocycles. The van der Waals surface area contributed by atoms with Gasteiger partial charge in [-0.25, -0.2) is 0 Å². The van der Waals surface area contributed by atoms with Crippen LogP contribution in [-0.4, -0.2) is 48.6 Å². The van der Waals surface area contributed by atoms with Crippen molar-refractivity contribution >= 4 is 44.7 Å². The lowest BCUT2D eigenvalue weighted by atomic mass is 10.0. The minimum Gasteiger partial charge on any atom is -0.493 e. The summed E-state index contributed by atoms with van der Waals surface area (Å²) >= 11 is 3.48. The zero-order valence-electron chi connectivity index (χ0n) is 17.9. The molecule has 0 radical (unpaired) electrons. The summed E-state index contributed by atoms with van der Waals surface area (Å²) in [5.74, 6) is 0.815. The Bertz CT molecular complexity index is 1200. The number of nitrogens with one attached hydrogen (secondary N) is 1. The van der Waals surface area contributed by atoms with Crippen molar-refractivity contribution in [3.63, 3.8) is 0 Å². The molecule has 1 aliphatic rings. The van der Waals surface area contributed by atoms with Gasteiger partial charge in [0.1, 0.15) is 6.54 Å². The summed E-state index contributed by atoms with van der Waals surface area (Å²) in [4.78, 5) is 26.6. The molecule has 166 valence electrons. The summed E-state index contributed by atoms with van der Waals surface area (Å²) < 4.78 is 13.8. The number of halogens is 1. The minimum absolute atomic E-state index is 0.0308. The van der Waals surface area contributed by atoms with Crippen LogP contribution in [0.5, 0.6) is 11.5 Å². The first-order valence-electron chi connectivity index (χ1n) is 10.2. The molecule has 8 heteroatoms. The Morgan fingerprint density at radius 1 is 1.12 bits per heavy atom. The molecule has 2 amide bonds. The summed E-state index contributed by atoms with van der Waals surface area (Å²) in [7, 11) is 3.13. The zero-order chi connectivity index (χ0) is 22.7. The van der Waals surface area contributed by atoms with E-state index in [1.807, 2.05) is 36.5 Å². The Hall–Kier alpha value is -3.26. The topological polar surface area (TPSA) is 72.8 Å². The maximum Gasteiger partial charge on any atom is 0.240 e. The maximum absolute atomic E-state index is 12.7. The van der Waals surface area contributed by atoms with Crippen LogP contribution in [0.1, 0.15) is 11.1 Å². The highest BCUT2D eigenvalue weighted by atomic mass is 79.9. The fourth-order valence-electron chi connectivity index (χ4n) is 3.80. The Morgan fingerprint density at radius 3 is 2.69 bits per heavy atom. The molecular weight excluding hydrogens is 474 g/mol. The van der Waals surface area contributed by atoms with Gasteiger partial charge in [0, 0.05) is 40.9 Å². The van der Waals surface area contributed by atoms with Gasteiger partial charge in [-0.05, 0) is 53.6 Å². The van der Waals surface area contributed by atoms with Crippen LogP contribution in [0.15, 0.2) is 53.3 Å². The first-order valence-corrected chi connectivity index (χ1v) is 11.0. The van der Waals surface area contributed by atoms with E-state index in [0.29, 0.717) is 24.6 Å². The van der Waals surface area contributed by atoms with Crippen molar-refractivity contribution in [2.45, 2.75) is 13.0 Å². The first-order chi connectivity index (χ1) is 15.5. The summed E-state index contributed by atoms with van der Waals surface area (Å²) in [6, 6.07) is 11.8. The lowest BCUT2D eigenvalue weighted by Crippen LogP contribution is -2.39. The molecule has 1 aliphatic heterocycles. The van der Waals surface area contributed by atoms with E-state index < -0.39 is 0 Å². The van der Waals surface area contributed by atoms with Crippen molar-refractivity contribution in [1.82, 2.24) is 14.8 Å². The van der Waals surface area contributed by atoms with Crippen molar-refractivity contribution in [3.05, 3.63) is 64.4 Å². The monoisotopic (exact) mass is 497 g/mol. The predicted molar refractivity (Wildman–Crippen MR) is 127 cm³/mol. The second-order valence-electron chi connectivity index (χ2n) is 7.48.